The van der Waals surface area contributed by atoms with Crippen molar-refractivity contribution >= 4 is 5.91 Å². The van der Waals surface area contributed by atoms with E-state index in [-0.39, 0.29) is 12.0 Å². The van der Waals surface area contributed by atoms with Crippen LogP contribution in [0.2, 0.25) is 0 Å². The highest BCUT2D eigenvalue weighted by Crippen LogP contribution is 2.30. The van der Waals surface area contributed by atoms with E-state index in [0.717, 1.165) is 17.1 Å². The lowest BCUT2D eigenvalue weighted by Crippen LogP contribution is -2.40. The summed E-state index contributed by atoms with van der Waals surface area (Å²) < 4.78 is 11.4. The lowest BCUT2D eigenvalue weighted by molar-refractivity contribution is 0.0789. The highest BCUT2D eigenvalue weighted by Gasteiger charge is 2.21. The Kier molecular flexibility index (Phi) is 3.77. The summed E-state index contributed by atoms with van der Waals surface area (Å²) in [4.78, 5) is 12.0. The molecule has 1 aliphatic rings. The molecule has 0 bridgehead atoms. The van der Waals surface area contributed by atoms with Crippen LogP contribution >= 0.6 is 0 Å². The minimum atomic E-state index is -0.172. The van der Waals surface area contributed by atoms with Crippen LogP contribution in [0.5, 0.6) is 11.5 Å². The van der Waals surface area contributed by atoms with Crippen molar-refractivity contribution in [2.24, 2.45) is 0 Å². The van der Waals surface area contributed by atoms with Crippen molar-refractivity contribution in [2.45, 2.75) is 13.0 Å². The van der Waals surface area contributed by atoms with Gasteiger partial charge < -0.3 is 14.8 Å². The smallest absolute Gasteiger partial charge is 0.251 e. The fourth-order valence-electron chi connectivity index (χ4n) is 2.18. The number of hydrogen-bond donors (Lipinski definition) is 1. The minimum absolute atomic E-state index is 0.0996. The Balaban J connectivity index is 1.56. The van der Waals surface area contributed by atoms with Crippen molar-refractivity contribution in [1.82, 2.24) is 5.32 Å². The lowest BCUT2D eigenvalue weighted by Gasteiger charge is -2.26. The van der Waals surface area contributed by atoms with E-state index in [0.29, 0.717) is 18.7 Å². The van der Waals surface area contributed by atoms with E-state index < -0.39 is 0 Å². The van der Waals surface area contributed by atoms with E-state index in [1.54, 1.807) is 0 Å². The Bertz CT molecular complexity index is 637. The monoisotopic (exact) mass is 283 g/mol. The van der Waals surface area contributed by atoms with Crippen LogP contribution in [0.15, 0.2) is 48.5 Å². The number of nitrogens with one attached hydrogen (secondary N) is 1. The molecule has 0 saturated heterocycles. The third-order valence-electron chi connectivity index (χ3n) is 3.37. The molecule has 0 aliphatic carbocycles. The van der Waals surface area contributed by atoms with E-state index in [1.807, 2.05) is 55.5 Å². The molecule has 1 heterocycles. The van der Waals surface area contributed by atoms with E-state index in [1.165, 1.54) is 0 Å². The summed E-state index contributed by atoms with van der Waals surface area (Å²) in [6.45, 7) is 2.85. The van der Waals surface area contributed by atoms with E-state index in [4.69, 9.17) is 9.47 Å². The standard InChI is InChI=1S/C17H17NO3/c1-12-6-8-13(9-7-12)17(19)18-10-14-11-20-15-4-2-3-5-16(15)21-14/h2-9,14H,10-11H2,1H3,(H,18,19). The van der Waals surface area contributed by atoms with Gasteiger partial charge in [-0.2, -0.15) is 0 Å². The number of fused-ring (bicyclic) bond motifs is 1. The average molecular weight is 283 g/mol. The summed E-state index contributed by atoms with van der Waals surface area (Å²) in [5.74, 6) is 1.37. The van der Waals surface area contributed by atoms with Crippen LogP contribution in [0.25, 0.3) is 0 Å². The van der Waals surface area contributed by atoms with Crippen LogP contribution in [0.3, 0.4) is 0 Å². The summed E-state index contributed by atoms with van der Waals surface area (Å²) in [6, 6.07) is 15.0. The zero-order valence-corrected chi connectivity index (χ0v) is 11.8. The Morgan fingerprint density at radius 1 is 1.14 bits per heavy atom. The van der Waals surface area contributed by atoms with E-state index >= 15 is 0 Å². The molecule has 2 aromatic rings. The molecular weight excluding hydrogens is 266 g/mol. The van der Waals surface area contributed by atoms with Crippen molar-refractivity contribution in [3.05, 3.63) is 59.7 Å². The maximum atomic E-state index is 12.0. The van der Waals surface area contributed by atoms with Gasteiger partial charge in [-0.15, -0.1) is 0 Å². The number of hydrogen-bond acceptors (Lipinski definition) is 3. The molecule has 0 aromatic heterocycles. The summed E-state index contributed by atoms with van der Waals surface area (Å²) in [5.41, 5.74) is 1.78. The number of para-hydroxylation sites is 2. The predicted molar refractivity (Wildman–Crippen MR) is 79.9 cm³/mol. The maximum absolute atomic E-state index is 12.0. The zero-order valence-electron chi connectivity index (χ0n) is 11.8. The largest absolute Gasteiger partial charge is 0.486 e. The molecule has 1 N–H and O–H groups in total. The maximum Gasteiger partial charge on any atom is 0.251 e. The lowest BCUT2D eigenvalue weighted by atomic mass is 10.1. The molecule has 21 heavy (non-hydrogen) atoms. The van der Waals surface area contributed by atoms with Gasteiger partial charge in [0.2, 0.25) is 0 Å². The first-order valence-electron chi connectivity index (χ1n) is 6.96. The second-order valence-corrected chi connectivity index (χ2v) is 5.07. The fraction of sp³-hybridized carbons (Fsp3) is 0.235. The van der Waals surface area contributed by atoms with Gasteiger partial charge in [-0.3, -0.25) is 4.79 Å². The van der Waals surface area contributed by atoms with Crippen molar-refractivity contribution < 1.29 is 14.3 Å². The number of benzene rings is 2. The zero-order chi connectivity index (χ0) is 14.7. The van der Waals surface area contributed by atoms with Gasteiger partial charge in [0.25, 0.3) is 5.91 Å². The van der Waals surface area contributed by atoms with Gasteiger partial charge >= 0.3 is 0 Å². The highest BCUT2D eigenvalue weighted by molar-refractivity contribution is 5.94. The fourth-order valence-corrected chi connectivity index (χ4v) is 2.18. The van der Waals surface area contributed by atoms with Crippen LogP contribution in [-0.4, -0.2) is 25.2 Å². The number of aryl methyl sites for hydroxylation is 1. The summed E-state index contributed by atoms with van der Waals surface area (Å²) in [7, 11) is 0. The topological polar surface area (TPSA) is 47.6 Å². The normalized spacial score (nSPS) is 16.3. The third kappa shape index (κ3) is 3.16. The first-order chi connectivity index (χ1) is 10.2. The number of carbonyl (C=O) groups is 1. The molecule has 1 unspecified atom stereocenters. The van der Waals surface area contributed by atoms with E-state index in [2.05, 4.69) is 5.32 Å². The molecule has 1 amide bonds. The number of amides is 1. The van der Waals surface area contributed by atoms with Gasteiger partial charge in [-0.1, -0.05) is 29.8 Å². The third-order valence-corrected chi connectivity index (χ3v) is 3.37. The van der Waals surface area contributed by atoms with Crippen LogP contribution < -0.4 is 14.8 Å². The minimum Gasteiger partial charge on any atom is -0.486 e. The van der Waals surface area contributed by atoms with Gasteiger partial charge in [-0.05, 0) is 31.2 Å². The van der Waals surface area contributed by atoms with Gasteiger partial charge in [0, 0.05) is 5.56 Å². The molecule has 3 rings (SSSR count). The Hall–Kier alpha value is -2.49. The second kappa shape index (κ2) is 5.87. The van der Waals surface area contributed by atoms with Crippen molar-refractivity contribution in [1.29, 1.82) is 0 Å². The summed E-state index contributed by atoms with van der Waals surface area (Å²) in [5, 5.41) is 2.87. The number of carbonyl (C=O) groups excluding carboxylic acids is 1. The SMILES string of the molecule is Cc1ccc(C(=O)NCC2COc3ccccc3O2)cc1. The van der Waals surface area contributed by atoms with Crippen LogP contribution in [0.4, 0.5) is 0 Å². The first-order valence-corrected chi connectivity index (χ1v) is 6.96. The molecule has 1 aliphatic heterocycles. The Morgan fingerprint density at radius 3 is 2.62 bits per heavy atom. The molecular formula is C17H17NO3. The van der Waals surface area contributed by atoms with Gasteiger partial charge in [-0.25, -0.2) is 0 Å². The molecule has 4 nitrogen and oxygen atoms in total. The van der Waals surface area contributed by atoms with Gasteiger partial charge in [0.15, 0.2) is 11.5 Å². The van der Waals surface area contributed by atoms with Crippen molar-refractivity contribution in [3.8, 4) is 11.5 Å². The predicted octanol–water partition coefficient (Wildman–Crippen LogP) is 2.56. The van der Waals surface area contributed by atoms with Crippen molar-refractivity contribution in [2.75, 3.05) is 13.2 Å². The number of rotatable bonds is 3. The molecule has 1 atom stereocenters. The summed E-state index contributed by atoms with van der Waals surface area (Å²) in [6.07, 6.45) is -0.172. The quantitative estimate of drug-likeness (QED) is 0.941. The van der Waals surface area contributed by atoms with E-state index in [9.17, 15) is 4.79 Å². The Labute approximate surface area is 123 Å². The molecule has 0 saturated carbocycles. The molecule has 108 valence electrons. The highest BCUT2D eigenvalue weighted by atomic mass is 16.6. The van der Waals surface area contributed by atoms with Crippen molar-refractivity contribution in [3.63, 3.8) is 0 Å². The van der Waals surface area contributed by atoms with Gasteiger partial charge in [0.05, 0.1) is 6.54 Å². The second-order valence-electron chi connectivity index (χ2n) is 5.07. The number of ether oxygens (including phenoxy) is 2. The molecule has 0 fully saturated rings. The molecule has 4 heteroatoms. The van der Waals surface area contributed by atoms with Crippen LogP contribution in [0.1, 0.15) is 15.9 Å². The van der Waals surface area contributed by atoms with Gasteiger partial charge in [0.1, 0.15) is 12.7 Å². The average Bonchev–Trinajstić information content (AvgIpc) is 2.53. The first kappa shape index (κ1) is 13.5. The molecule has 2 aromatic carbocycles. The Morgan fingerprint density at radius 2 is 1.86 bits per heavy atom. The van der Waals surface area contributed by atoms with Crippen LogP contribution in [0, 0.1) is 6.92 Å². The molecule has 0 radical (unpaired) electrons. The van der Waals surface area contributed by atoms with Crippen LogP contribution in [-0.2, 0) is 0 Å². The molecule has 0 spiro atoms. The summed E-state index contributed by atoms with van der Waals surface area (Å²) >= 11 is 0.